The van der Waals surface area contributed by atoms with Crippen LogP contribution in [0.1, 0.15) is 11.1 Å². The third kappa shape index (κ3) is 4.46. The van der Waals surface area contributed by atoms with E-state index in [4.69, 9.17) is 0 Å². The van der Waals surface area contributed by atoms with Gasteiger partial charge in [0.2, 0.25) is 0 Å². The second-order valence-electron chi connectivity index (χ2n) is 3.14. The van der Waals surface area contributed by atoms with Gasteiger partial charge in [-0.15, -0.1) is 13.2 Å². The first-order chi connectivity index (χ1) is 6.90. The van der Waals surface area contributed by atoms with Crippen molar-refractivity contribution in [1.82, 2.24) is 0 Å². The van der Waals surface area contributed by atoms with Gasteiger partial charge in [-0.3, -0.25) is 0 Å². The van der Waals surface area contributed by atoms with Gasteiger partial charge in [-0.1, -0.05) is 6.07 Å². The minimum absolute atomic E-state index is 0.147. The summed E-state index contributed by atoms with van der Waals surface area (Å²) < 4.78 is 39.7. The summed E-state index contributed by atoms with van der Waals surface area (Å²) in [5.41, 5.74) is 1.60. The number of alkyl halides is 3. The number of hydrogen-bond acceptors (Lipinski definition) is 2. The molecule has 0 saturated carbocycles. The Hall–Kier alpha value is -0.840. The van der Waals surface area contributed by atoms with Gasteiger partial charge in [-0.2, -0.15) is 11.8 Å². The van der Waals surface area contributed by atoms with Gasteiger partial charge < -0.3 is 4.74 Å². The van der Waals surface area contributed by atoms with Crippen molar-refractivity contribution < 1.29 is 17.9 Å². The van der Waals surface area contributed by atoms with E-state index in [9.17, 15) is 13.2 Å². The molecule has 0 unspecified atom stereocenters. The Morgan fingerprint density at radius 3 is 2.47 bits per heavy atom. The summed E-state index contributed by atoms with van der Waals surface area (Å²) in [6, 6.07) is 4.63. The van der Waals surface area contributed by atoms with Gasteiger partial charge in [0.25, 0.3) is 0 Å². The number of benzene rings is 1. The maximum absolute atomic E-state index is 12.0. The molecule has 0 amide bonds. The lowest BCUT2D eigenvalue weighted by molar-refractivity contribution is -0.274. The van der Waals surface area contributed by atoms with Crippen LogP contribution in [-0.4, -0.2) is 12.6 Å². The maximum atomic E-state index is 12.0. The molecule has 0 fully saturated rings. The molecule has 84 valence electrons. The van der Waals surface area contributed by atoms with Crippen LogP contribution in [-0.2, 0) is 5.75 Å². The molecule has 1 rings (SSSR count). The Morgan fingerprint density at radius 2 is 1.93 bits per heavy atom. The van der Waals surface area contributed by atoms with E-state index < -0.39 is 6.36 Å². The van der Waals surface area contributed by atoms with E-state index in [1.54, 1.807) is 18.7 Å². The number of ether oxygens (including phenoxy) is 1. The average Bonchev–Trinajstić information content (AvgIpc) is 1.99. The minimum atomic E-state index is -4.62. The zero-order valence-electron chi connectivity index (χ0n) is 8.39. The lowest BCUT2D eigenvalue weighted by Gasteiger charge is -2.10. The van der Waals surface area contributed by atoms with Gasteiger partial charge in [0.05, 0.1) is 0 Å². The van der Waals surface area contributed by atoms with E-state index in [0.717, 1.165) is 11.1 Å². The fraction of sp³-hybridized carbons (Fsp3) is 0.400. The maximum Gasteiger partial charge on any atom is 0.573 e. The lowest BCUT2D eigenvalue weighted by atomic mass is 10.1. The fourth-order valence-corrected chi connectivity index (χ4v) is 1.77. The first-order valence-corrected chi connectivity index (χ1v) is 5.65. The number of rotatable bonds is 3. The van der Waals surface area contributed by atoms with Crippen LogP contribution in [0.5, 0.6) is 5.75 Å². The fourth-order valence-electron chi connectivity index (χ4n) is 1.27. The zero-order chi connectivity index (χ0) is 11.5. The Kier molecular flexibility index (Phi) is 3.90. The molecule has 1 aromatic rings. The Labute approximate surface area is 90.6 Å². The molecule has 0 aliphatic heterocycles. The van der Waals surface area contributed by atoms with E-state index in [-0.39, 0.29) is 5.75 Å². The second kappa shape index (κ2) is 4.79. The third-order valence-corrected chi connectivity index (χ3v) is 2.28. The number of hydrogen-bond donors (Lipinski definition) is 0. The lowest BCUT2D eigenvalue weighted by Crippen LogP contribution is -2.17. The highest BCUT2D eigenvalue weighted by molar-refractivity contribution is 7.97. The van der Waals surface area contributed by atoms with E-state index in [1.165, 1.54) is 12.1 Å². The quantitative estimate of drug-likeness (QED) is 0.790. The molecule has 1 aromatic carbocycles. The zero-order valence-corrected chi connectivity index (χ0v) is 9.21. The van der Waals surface area contributed by atoms with E-state index >= 15 is 0 Å². The normalized spacial score (nSPS) is 11.5. The van der Waals surface area contributed by atoms with Gasteiger partial charge in [0.1, 0.15) is 5.75 Å². The molecule has 0 N–H and O–H groups in total. The van der Waals surface area contributed by atoms with Crippen LogP contribution < -0.4 is 4.74 Å². The van der Waals surface area contributed by atoms with Crippen LogP contribution >= 0.6 is 11.8 Å². The van der Waals surface area contributed by atoms with Crippen molar-refractivity contribution >= 4 is 11.8 Å². The van der Waals surface area contributed by atoms with Crippen LogP contribution in [0.15, 0.2) is 18.2 Å². The smallest absolute Gasteiger partial charge is 0.406 e. The van der Waals surface area contributed by atoms with Crippen molar-refractivity contribution in [1.29, 1.82) is 0 Å². The van der Waals surface area contributed by atoms with Gasteiger partial charge in [0.15, 0.2) is 0 Å². The van der Waals surface area contributed by atoms with E-state index in [1.807, 2.05) is 12.3 Å². The van der Waals surface area contributed by atoms with Crippen molar-refractivity contribution in [3.05, 3.63) is 29.3 Å². The summed E-state index contributed by atoms with van der Waals surface area (Å²) in [6.07, 6.45) is -2.73. The van der Waals surface area contributed by atoms with Gasteiger partial charge >= 0.3 is 6.36 Å². The first kappa shape index (κ1) is 12.2. The molecule has 0 aliphatic rings. The van der Waals surface area contributed by atoms with Crippen molar-refractivity contribution in [2.24, 2.45) is 0 Å². The molecular weight excluding hydrogens is 225 g/mol. The molecule has 0 atom stereocenters. The molecule has 15 heavy (non-hydrogen) atoms. The topological polar surface area (TPSA) is 9.23 Å². The monoisotopic (exact) mass is 236 g/mol. The van der Waals surface area contributed by atoms with Gasteiger partial charge in [-0.25, -0.2) is 0 Å². The number of halogens is 3. The molecule has 0 aliphatic carbocycles. The van der Waals surface area contributed by atoms with Crippen molar-refractivity contribution in [2.45, 2.75) is 19.0 Å². The van der Waals surface area contributed by atoms with Crippen LogP contribution in [0.4, 0.5) is 13.2 Å². The summed E-state index contributed by atoms with van der Waals surface area (Å²) in [6.45, 7) is 1.74. The van der Waals surface area contributed by atoms with Gasteiger partial charge in [0, 0.05) is 5.75 Å². The molecule has 0 radical (unpaired) electrons. The molecule has 1 nitrogen and oxygen atoms in total. The third-order valence-electron chi connectivity index (χ3n) is 1.66. The van der Waals surface area contributed by atoms with E-state index in [2.05, 4.69) is 4.74 Å². The SMILES string of the molecule is CSCc1cc(C)cc(OC(F)(F)F)c1. The van der Waals surface area contributed by atoms with E-state index in [0.29, 0.717) is 5.75 Å². The molecule has 0 heterocycles. The predicted octanol–water partition coefficient (Wildman–Crippen LogP) is 3.76. The molecule has 0 aromatic heterocycles. The Morgan fingerprint density at radius 1 is 1.27 bits per heavy atom. The molecule has 0 bridgehead atoms. The van der Waals surface area contributed by atoms with Crippen LogP contribution in [0.3, 0.4) is 0 Å². The molecule has 5 heteroatoms. The highest BCUT2D eigenvalue weighted by Gasteiger charge is 2.31. The van der Waals surface area contributed by atoms with Crippen molar-refractivity contribution in [2.75, 3.05) is 6.26 Å². The summed E-state index contributed by atoms with van der Waals surface area (Å²) in [4.78, 5) is 0. The Bertz CT molecular complexity index is 336. The predicted molar refractivity (Wildman–Crippen MR) is 55.1 cm³/mol. The molecule has 0 saturated heterocycles. The Balaban J connectivity index is 2.88. The summed E-state index contributed by atoms with van der Waals surface area (Å²) in [7, 11) is 0. The van der Waals surface area contributed by atoms with Crippen LogP contribution in [0.2, 0.25) is 0 Å². The van der Waals surface area contributed by atoms with Crippen molar-refractivity contribution in [3.63, 3.8) is 0 Å². The minimum Gasteiger partial charge on any atom is -0.406 e. The highest BCUT2D eigenvalue weighted by Crippen LogP contribution is 2.25. The van der Waals surface area contributed by atoms with Crippen molar-refractivity contribution in [3.8, 4) is 5.75 Å². The standard InChI is InChI=1S/C10H11F3OS/c1-7-3-8(6-15-2)5-9(4-7)14-10(11,12)13/h3-5H,6H2,1-2H3. The number of thioether (sulfide) groups is 1. The average molecular weight is 236 g/mol. The summed E-state index contributed by atoms with van der Waals surface area (Å²) in [5, 5.41) is 0. The second-order valence-corrected chi connectivity index (χ2v) is 4.00. The number of aryl methyl sites for hydroxylation is 1. The summed E-state index contributed by atoms with van der Waals surface area (Å²) >= 11 is 1.55. The van der Waals surface area contributed by atoms with Gasteiger partial charge in [-0.05, 0) is 36.4 Å². The summed E-state index contributed by atoms with van der Waals surface area (Å²) in [5.74, 6) is 0.530. The molecular formula is C10H11F3OS. The highest BCUT2D eigenvalue weighted by atomic mass is 32.2. The first-order valence-electron chi connectivity index (χ1n) is 4.26. The van der Waals surface area contributed by atoms with Crippen LogP contribution in [0, 0.1) is 6.92 Å². The molecule has 0 spiro atoms. The largest absolute Gasteiger partial charge is 0.573 e. The van der Waals surface area contributed by atoms with Crippen LogP contribution in [0.25, 0.3) is 0 Å².